The molecular formula is C18H27ClIN5OS. The molecule has 6 nitrogen and oxygen atoms in total. The first-order valence-corrected chi connectivity index (χ1v) is 10.1. The Morgan fingerprint density at radius 1 is 1.22 bits per heavy atom. The molecule has 1 aromatic heterocycles. The Balaban J connectivity index is 0.00000364. The fourth-order valence-electron chi connectivity index (χ4n) is 2.14. The number of halogens is 2. The average Bonchev–Trinajstić information content (AvgIpc) is 3.11. The van der Waals surface area contributed by atoms with Gasteiger partial charge in [-0.2, -0.15) is 4.98 Å². The zero-order valence-electron chi connectivity index (χ0n) is 15.9. The number of nitrogens with one attached hydrogen (secondary N) is 2. The number of aryl methyl sites for hydroxylation is 1. The predicted molar refractivity (Wildman–Crippen MR) is 124 cm³/mol. The third-order valence-electron chi connectivity index (χ3n) is 3.56. The van der Waals surface area contributed by atoms with Gasteiger partial charge in [0.05, 0.1) is 0 Å². The molecule has 150 valence electrons. The van der Waals surface area contributed by atoms with Crippen LogP contribution in [0.2, 0.25) is 5.02 Å². The van der Waals surface area contributed by atoms with Crippen LogP contribution >= 0.6 is 47.3 Å². The van der Waals surface area contributed by atoms with Crippen molar-refractivity contribution in [1.82, 2.24) is 20.8 Å². The van der Waals surface area contributed by atoms with Gasteiger partial charge in [-0.05, 0) is 30.7 Å². The number of hydrogen-bond donors (Lipinski definition) is 2. The molecule has 0 unspecified atom stereocenters. The summed E-state index contributed by atoms with van der Waals surface area (Å²) in [5, 5.41) is 11.3. The molecule has 0 fully saturated rings. The van der Waals surface area contributed by atoms with Crippen molar-refractivity contribution in [2.45, 2.75) is 37.5 Å². The molecule has 0 radical (unpaired) electrons. The van der Waals surface area contributed by atoms with E-state index in [4.69, 9.17) is 16.1 Å². The number of guanidine groups is 1. The standard InChI is InChI=1S/C18H26ClN5OS.HI/c1-13(2)17-23-16(25-24-17)5-4-10-21-18(20-3)22-11-12-26-15-8-6-14(19)7-9-15;/h6-9,13H,4-5,10-12H2,1-3H3,(H2,20,21,22);1H. The van der Waals surface area contributed by atoms with Gasteiger partial charge in [0.25, 0.3) is 0 Å². The first-order chi connectivity index (χ1) is 12.6. The average molecular weight is 524 g/mol. The first kappa shape index (κ1) is 24.0. The molecule has 0 bridgehead atoms. The molecule has 1 aromatic carbocycles. The summed E-state index contributed by atoms with van der Waals surface area (Å²) in [6, 6.07) is 7.88. The molecule has 0 aliphatic carbocycles. The molecule has 0 saturated heterocycles. The van der Waals surface area contributed by atoms with E-state index >= 15 is 0 Å². The number of nitrogens with zero attached hydrogens (tertiary/aromatic N) is 3. The zero-order valence-corrected chi connectivity index (χ0v) is 19.8. The van der Waals surface area contributed by atoms with Gasteiger partial charge in [-0.25, -0.2) is 0 Å². The van der Waals surface area contributed by atoms with Crippen molar-refractivity contribution in [2.24, 2.45) is 4.99 Å². The van der Waals surface area contributed by atoms with Crippen molar-refractivity contribution in [1.29, 1.82) is 0 Å². The molecule has 27 heavy (non-hydrogen) atoms. The molecule has 9 heteroatoms. The summed E-state index contributed by atoms with van der Waals surface area (Å²) < 4.78 is 5.24. The molecule has 0 aliphatic heterocycles. The van der Waals surface area contributed by atoms with E-state index in [-0.39, 0.29) is 24.0 Å². The molecule has 0 aliphatic rings. The van der Waals surface area contributed by atoms with E-state index < -0.39 is 0 Å². The Kier molecular flexibility index (Phi) is 11.8. The van der Waals surface area contributed by atoms with Crippen molar-refractivity contribution >= 4 is 53.3 Å². The Morgan fingerprint density at radius 2 is 1.93 bits per heavy atom. The lowest BCUT2D eigenvalue weighted by molar-refractivity contribution is 0.368. The zero-order chi connectivity index (χ0) is 18.8. The number of aliphatic imine (C=N–C) groups is 1. The minimum absolute atomic E-state index is 0. The van der Waals surface area contributed by atoms with E-state index in [1.54, 1.807) is 18.8 Å². The lowest BCUT2D eigenvalue weighted by Crippen LogP contribution is -2.38. The highest BCUT2D eigenvalue weighted by Gasteiger charge is 2.09. The molecule has 2 aromatic rings. The molecular weight excluding hydrogens is 497 g/mol. The minimum Gasteiger partial charge on any atom is -0.356 e. The Hall–Kier alpha value is -1.000. The van der Waals surface area contributed by atoms with Crippen molar-refractivity contribution in [3.8, 4) is 0 Å². The van der Waals surface area contributed by atoms with Crippen molar-refractivity contribution in [3.05, 3.63) is 41.0 Å². The van der Waals surface area contributed by atoms with Gasteiger partial charge in [-0.1, -0.05) is 30.6 Å². The summed E-state index contributed by atoms with van der Waals surface area (Å²) in [7, 11) is 1.77. The highest BCUT2D eigenvalue weighted by Crippen LogP contribution is 2.19. The normalized spacial score (nSPS) is 11.4. The van der Waals surface area contributed by atoms with Crippen LogP contribution in [0, 0.1) is 0 Å². The van der Waals surface area contributed by atoms with Crippen molar-refractivity contribution in [3.63, 3.8) is 0 Å². The first-order valence-electron chi connectivity index (χ1n) is 8.74. The highest BCUT2D eigenvalue weighted by molar-refractivity contribution is 14.0. The molecule has 0 spiro atoms. The number of rotatable bonds is 9. The van der Waals surface area contributed by atoms with Crippen LogP contribution in [-0.2, 0) is 6.42 Å². The maximum absolute atomic E-state index is 5.89. The topological polar surface area (TPSA) is 75.3 Å². The van der Waals surface area contributed by atoms with Crippen LogP contribution in [0.4, 0.5) is 0 Å². The molecule has 0 saturated carbocycles. The van der Waals surface area contributed by atoms with E-state index in [9.17, 15) is 0 Å². The molecule has 0 amide bonds. The summed E-state index contributed by atoms with van der Waals surface area (Å²) in [5.74, 6) is 3.50. The minimum atomic E-state index is 0. The number of hydrogen-bond acceptors (Lipinski definition) is 5. The van der Waals surface area contributed by atoms with Gasteiger partial charge in [-0.3, -0.25) is 4.99 Å². The van der Waals surface area contributed by atoms with Gasteiger partial charge in [0.1, 0.15) is 0 Å². The maximum atomic E-state index is 5.89. The Bertz CT molecular complexity index is 693. The number of aromatic nitrogens is 2. The van der Waals surface area contributed by atoms with E-state index in [2.05, 4.69) is 39.6 Å². The van der Waals surface area contributed by atoms with E-state index in [0.29, 0.717) is 11.8 Å². The second kappa shape index (κ2) is 13.2. The lowest BCUT2D eigenvalue weighted by Gasteiger charge is -2.11. The second-order valence-electron chi connectivity index (χ2n) is 6.03. The molecule has 0 atom stereocenters. The number of benzene rings is 1. The Morgan fingerprint density at radius 3 is 2.56 bits per heavy atom. The molecule has 1 heterocycles. The van der Waals surface area contributed by atoms with Crippen LogP contribution in [0.3, 0.4) is 0 Å². The Labute approximate surface area is 187 Å². The van der Waals surface area contributed by atoms with Crippen LogP contribution in [0.25, 0.3) is 0 Å². The van der Waals surface area contributed by atoms with Gasteiger partial charge in [-0.15, -0.1) is 35.7 Å². The third-order valence-corrected chi connectivity index (χ3v) is 4.83. The number of thioether (sulfide) groups is 1. The largest absolute Gasteiger partial charge is 0.356 e. The van der Waals surface area contributed by atoms with Crippen LogP contribution in [0.5, 0.6) is 0 Å². The monoisotopic (exact) mass is 523 g/mol. The summed E-state index contributed by atoms with van der Waals surface area (Å²) >= 11 is 7.67. The summed E-state index contributed by atoms with van der Waals surface area (Å²) in [5.41, 5.74) is 0. The van der Waals surface area contributed by atoms with E-state index in [0.717, 1.165) is 48.5 Å². The maximum Gasteiger partial charge on any atom is 0.226 e. The summed E-state index contributed by atoms with van der Waals surface area (Å²) in [6.45, 7) is 5.73. The smallest absolute Gasteiger partial charge is 0.226 e. The van der Waals surface area contributed by atoms with Crippen LogP contribution in [-0.4, -0.2) is 42.0 Å². The van der Waals surface area contributed by atoms with Gasteiger partial charge in [0, 0.05) is 48.1 Å². The van der Waals surface area contributed by atoms with Crippen molar-refractivity contribution in [2.75, 3.05) is 25.9 Å². The molecule has 2 N–H and O–H groups in total. The van der Waals surface area contributed by atoms with Crippen LogP contribution in [0.1, 0.15) is 37.9 Å². The fraction of sp³-hybridized carbons (Fsp3) is 0.500. The summed E-state index contributed by atoms with van der Waals surface area (Å²) in [4.78, 5) is 9.82. The van der Waals surface area contributed by atoms with Crippen LogP contribution < -0.4 is 10.6 Å². The van der Waals surface area contributed by atoms with Gasteiger partial charge in [0.2, 0.25) is 5.89 Å². The molecule has 2 rings (SSSR count). The van der Waals surface area contributed by atoms with Gasteiger partial charge < -0.3 is 15.2 Å². The van der Waals surface area contributed by atoms with Crippen molar-refractivity contribution < 1.29 is 4.52 Å². The SMILES string of the molecule is CN=C(NCCCc1nc(C(C)C)no1)NCCSc1ccc(Cl)cc1.I. The van der Waals surface area contributed by atoms with Crippen LogP contribution in [0.15, 0.2) is 38.7 Å². The second-order valence-corrected chi connectivity index (χ2v) is 7.64. The quantitative estimate of drug-likeness (QED) is 0.167. The third kappa shape index (κ3) is 9.16. The highest BCUT2D eigenvalue weighted by atomic mass is 127. The van der Waals surface area contributed by atoms with E-state index in [1.165, 1.54) is 4.90 Å². The van der Waals surface area contributed by atoms with Gasteiger partial charge >= 0.3 is 0 Å². The lowest BCUT2D eigenvalue weighted by atomic mass is 10.2. The summed E-state index contributed by atoms with van der Waals surface area (Å²) in [6.07, 6.45) is 1.66. The van der Waals surface area contributed by atoms with E-state index in [1.807, 2.05) is 24.3 Å². The fourth-order valence-corrected chi connectivity index (χ4v) is 3.03. The predicted octanol–water partition coefficient (Wildman–Crippen LogP) is 4.35. The van der Waals surface area contributed by atoms with Gasteiger partial charge in [0.15, 0.2) is 11.8 Å².